The van der Waals surface area contributed by atoms with Gasteiger partial charge in [-0.3, -0.25) is 4.79 Å². The topological polar surface area (TPSA) is 79.2 Å². The maximum Gasteiger partial charge on any atom is 0.348 e. The number of thiophene rings is 1. The third-order valence-electron chi connectivity index (χ3n) is 3.53. The number of nitrogens with zero attached hydrogens (tertiary/aromatic N) is 1. The Morgan fingerprint density at radius 1 is 1.35 bits per heavy atom. The van der Waals surface area contributed by atoms with Gasteiger partial charge in [0.15, 0.2) is 6.61 Å². The van der Waals surface area contributed by atoms with Crippen LogP contribution in [0.15, 0.2) is 35.2 Å². The number of carbonyl (C=O) groups is 2. The summed E-state index contributed by atoms with van der Waals surface area (Å²) in [7, 11) is 0. The van der Waals surface area contributed by atoms with Crippen molar-refractivity contribution in [2.45, 2.75) is 31.6 Å². The maximum absolute atomic E-state index is 12.1. The summed E-state index contributed by atoms with van der Waals surface area (Å²) in [6.07, 6.45) is 1.94. The molecular weight excluding hydrogens is 368 g/mol. The van der Waals surface area contributed by atoms with Crippen LogP contribution in [0.25, 0.3) is 0 Å². The minimum atomic E-state index is -0.484. The van der Waals surface area contributed by atoms with Crippen molar-refractivity contribution in [3.63, 3.8) is 0 Å². The fourth-order valence-electron chi connectivity index (χ4n) is 2.33. The first kappa shape index (κ1) is 20.0. The highest BCUT2D eigenvalue weighted by Crippen LogP contribution is 2.27. The fraction of sp³-hybridized carbons (Fsp3) is 0.316. The molecule has 0 unspecified atom stereocenters. The summed E-state index contributed by atoms with van der Waals surface area (Å²) < 4.78 is 5.13. The third-order valence-corrected chi connectivity index (χ3v) is 5.54. The summed E-state index contributed by atoms with van der Waals surface area (Å²) in [5.41, 5.74) is 1.75. The molecule has 0 bridgehead atoms. The molecule has 0 saturated carbocycles. The number of esters is 1. The van der Waals surface area contributed by atoms with E-state index in [2.05, 4.69) is 18.3 Å². The lowest BCUT2D eigenvalue weighted by Gasteiger charge is -2.09. The molecule has 1 amide bonds. The van der Waals surface area contributed by atoms with Crippen LogP contribution in [0.5, 0.6) is 0 Å². The second-order valence-electron chi connectivity index (χ2n) is 5.51. The minimum absolute atomic E-state index is 0.291. The number of nitriles is 1. The third kappa shape index (κ3) is 5.61. The zero-order valence-electron chi connectivity index (χ0n) is 14.7. The Labute approximate surface area is 161 Å². The zero-order chi connectivity index (χ0) is 18.9. The van der Waals surface area contributed by atoms with Crippen LogP contribution in [0.4, 0.5) is 5.69 Å². The zero-order valence-corrected chi connectivity index (χ0v) is 16.3. The molecule has 26 heavy (non-hydrogen) atoms. The fourth-order valence-corrected chi connectivity index (χ4v) is 3.97. The predicted molar refractivity (Wildman–Crippen MR) is 105 cm³/mol. The molecule has 1 heterocycles. The van der Waals surface area contributed by atoms with Gasteiger partial charge < -0.3 is 10.1 Å². The molecule has 0 aliphatic heterocycles. The number of thioether (sulfide) groups is 1. The average Bonchev–Trinajstić information content (AvgIpc) is 3.00. The lowest BCUT2D eigenvalue weighted by atomic mass is 10.1. The monoisotopic (exact) mass is 388 g/mol. The molecule has 0 saturated heterocycles. The van der Waals surface area contributed by atoms with Crippen molar-refractivity contribution in [2.75, 3.05) is 17.7 Å². The SMILES string of the molecule is CCCc1cc(C(=O)OCC(=O)Nc2ccccc2SCC#N)sc1C. The molecule has 5 nitrogen and oxygen atoms in total. The molecule has 2 rings (SSSR count). The molecule has 0 aliphatic carbocycles. The van der Waals surface area contributed by atoms with Crippen molar-refractivity contribution >= 4 is 40.7 Å². The summed E-state index contributed by atoms with van der Waals surface area (Å²) in [6.45, 7) is 3.72. The normalized spacial score (nSPS) is 10.2. The number of rotatable bonds is 8. The Hall–Kier alpha value is -2.30. The van der Waals surface area contributed by atoms with Crippen LogP contribution >= 0.6 is 23.1 Å². The Balaban J connectivity index is 1.92. The Bertz CT molecular complexity index is 824. The number of anilines is 1. The van der Waals surface area contributed by atoms with Crippen molar-refractivity contribution < 1.29 is 14.3 Å². The Morgan fingerprint density at radius 3 is 2.85 bits per heavy atom. The number of carbonyl (C=O) groups excluding carboxylic acids is 2. The van der Waals surface area contributed by atoms with Gasteiger partial charge in [-0.25, -0.2) is 4.79 Å². The molecule has 136 valence electrons. The first-order valence-electron chi connectivity index (χ1n) is 8.20. The van der Waals surface area contributed by atoms with Gasteiger partial charge in [0.2, 0.25) is 0 Å². The molecule has 7 heteroatoms. The van der Waals surface area contributed by atoms with Crippen LogP contribution in [0.1, 0.15) is 33.5 Å². The van der Waals surface area contributed by atoms with Crippen molar-refractivity contribution in [3.05, 3.63) is 45.6 Å². The largest absolute Gasteiger partial charge is 0.451 e. The predicted octanol–water partition coefficient (Wildman–Crippen LogP) is 4.42. The summed E-state index contributed by atoms with van der Waals surface area (Å²) in [4.78, 5) is 26.7. The lowest BCUT2D eigenvalue weighted by Crippen LogP contribution is -2.21. The highest BCUT2D eigenvalue weighted by Gasteiger charge is 2.15. The molecule has 1 N–H and O–H groups in total. The van der Waals surface area contributed by atoms with Gasteiger partial charge in [0.25, 0.3) is 5.91 Å². The van der Waals surface area contributed by atoms with E-state index in [0.717, 1.165) is 28.2 Å². The first-order valence-corrected chi connectivity index (χ1v) is 10.0. The smallest absolute Gasteiger partial charge is 0.348 e. The van der Waals surface area contributed by atoms with E-state index in [1.807, 2.05) is 25.1 Å². The van der Waals surface area contributed by atoms with Crippen molar-refractivity contribution in [2.24, 2.45) is 0 Å². The minimum Gasteiger partial charge on any atom is -0.451 e. The molecule has 0 radical (unpaired) electrons. The number of aryl methyl sites for hydroxylation is 2. The number of hydrogen-bond donors (Lipinski definition) is 1. The molecule has 0 fully saturated rings. The molecule has 1 aromatic heterocycles. The van der Waals surface area contributed by atoms with Crippen LogP contribution in [-0.4, -0.2) is 24.2 Å². The van der Waals surface area contributed by atoms with E-state index in [1.54, 1.807) is 12.1 Å². The molecule has 0 aliphatic rings. The van der Waals surface area contributed by atoms with E-state index in [9.17, 15) is 9.59 Å². The van der Waals surface area contributed by atoms with E-state index in [-0.39, 0.29) is 6.61 Å². The van der Waals surface area contributed by atoms with Crippen LogP contribution in [0.3, 0.4) is 0 Å². The van der Waals surface area contributed by atoms with Crippen LogP contribution < -0.4 is 5.32 Å². The second-order valence-corrected chi connectivity index (χ2v) is 7.78. The van der Waals surface area contributed by atoms with Gasteiger partial charge in [-0.05, 0) is 37.1 Å². The maximum atomic E-state index is 12.1. The van der Waals surface area contributed by atoms with Crippen LogP contribution in [-0.2, 0) is 16.0 Å². The molecule has 0 spiro atoms. The lowest BCUT2D eigenvalue weighted by molar-refractivity contribution is -0.119. The average molecular weight is 389 g/mol. The number of hydrogen-bond acceptors (Lipinski definition) is 6. The quantitative estimate of drug-likeness (QED) is 0.535. The summed E-state index contributed by atoms with van der Waals surface area (Å²) >= 11 is 2.73. The Kier molecular flexibility index (Phi) is 7.70. The molecule has 1 aromatic carbocycles. The molecule has 0 atom stereocenters. The van der Waals surface area contributed by atoms with Crippen LogP contribution in [0, 0.1) is 18.3 Å². The number of para-hydroxylation sites is 1. The van der Waals surface area contributed by atoms with E-state index >= 15 is 0 Å². The van der Waals surface area contributed by atoms with Crippen LogP contribution in [0.2, 0.25) is 0 Å². The first-order chi connectivity index (χ1) is 12.5. The van der Waals surface area contributed by atoms with Gasteiger partial charge in [0.05, 0.1) is 17.5 Å². The Morgan fingerprint density at radius 2 is 2.12 bits per heavy atom. The van der Waals surface area contributed by atoms with Gasteiger partial charge in [-0.1, -0.05) is 25.5 Å². The number of ether oxygens (including phenoxy) is 1. The highest BCUT2D eigenvalue weighted by molar-refractivity contribution is 7.99. The molecule has 2 aromatic rings. The standard InChI is InChI=1S/C19H20N2O3S2/c1-3-6-14-11-17(26-13(14)2)19(23)24-12-18(22)21-15-7-4-5-8-16(15)25-10-9-20/h4-5,7-8,11H,3,6,10,12H2,1-2H3,(H,21,22). The second kappa shape index (κ2) is 10.00. The van der Waals surface area contributed by atoms with Gasteiger partial charge in [-0.15, -0.1) is 23.1 Å². The van der Waals surface area contributed by atoms with E-state index in [4.69, 9.17) is 10.00 Å². The van der Waals surface area contributed by atoms with Crippen molar-refractivity contribution in [1.82, 2.24) is 0 Å². The number of amides is 1. The van der Waals surface area contributed by atoms with Gasteiger partial charge in [0.1, 0.15) is 4.88 Å². The number of nitrogens with one attached hydrogen (secondary N) is 1. The number of benzene rings is 1. The highest BCUT2D eigenvalue weighted by atomic mass is 32.2. The van der Waals surface area contributed by atoms with Crippen molar-refractivity contribution in [3.8, 4) is 6.07 Å². The van der Waals surface area contributed by atoms with Gasteiger partial charge in [0, 0.05) is 9.77 Å². The van der Waals surface area contributed by atoms with Gasteiger partial charge >= 0.3 is 5.97 Å². The van der Waals surface area contributed by atoms with Gasteiger partial charge in [-0.2, -0.15) is 5.26 Å². The van der Waals surface area contributed by atoms with E-state index < -0.39 is 11.9 Å². The summed E-state index contributed by atoms with van der Waals surface area (Å²) in [6, 6.07) is 11.1. The van der Waals surface area contributed by atoms with E-state index in [1.165, 1.54) is 23.1 Å². The summed E-state index contributed by atoms with van der Waals surface area (Å²) in [5, 5.41) is 11.4. The summed E-state index contributed by atoms with van der Waals surface area (Å²) in [5.74, 6) is -0.604. The van der Waals surface area contributed by atoms with E-state index in [0.29, 0.717) is 16.3 Å². The van der Waals surface area contributed by atoms with Crippen molar-refractivity contribution in [1.29, 1.82) is 5.26 Å². The molecular formula is C19H20N2O3S2.